The summed E-state index contributed by atoms with van der Waals surface area (Å²) in [4.78, 5) is 9.11. The minimum Gasteiger partial charge on any atom is -0.305 e. The summed E-state index contributed by atoms with van der Waals surface area (Å²) >= 11 is 1.31. The summed E-state index contributed by atoms with van der Waals surface area (Å²) in [6.07, 6.45) is -0.654. The number of fused-ring (bicyclic) bond motifs is 3. The maximum Gasteiger partial charge on any atom is 0.416 e. The van der Waals surface area contributed by atoms with Crippen LogP contribution in [0.2, 0.25) is 19.6 Å². The molecule has 7 aromatic rings. The zero-order valence-electron chi connectivity index (χ0n) is 29.7. The maximum atomic E-state index is 13.2. The molecule has 8 heteroatoms. The molecule has 2 nitrogen and oxygen atoms in total. The van der Waals surface area contributed by atoms with Gasteiger partial charge in [-0.2, -0.15) is 24.5 Å². The summed E-state index contributed by atoms with van der Waals surface area (Å²) < 4.78 is 50.1. The van der Waals surface area contributed by atoms with Gasteiger partial charge in [-0.15, -0.1) is 59.7 Å². The van der Waals surface area contributed by atoms with Crippen LogP contribution in [0, 0.1) is 26.0 Å². The zero-order valence-corrected chi connectivity index (χ0v) is 32.9. The van der Waals surface area contributed by atoms with Crippen LogP contribution < -0.4 is 5.19 Å². The Morgan fingerprint density at radius 1 is 0.800 bits per heavy atom. The first-order valence-electron chi connectivity index (χ1n) is 16.6. The van der Waals surface area contributed by atoms with Gasteiger partial charge >= 0.3 is 6.18 Å². The number of alkyl halides is 3. The zero-order chi connectivity index (χ0) is 35.8. The van der Waals surface area contributed by atoms with Crippen LogP contribution in [-0.4, -0.2) is 18.0 Å². The van der Waals surface area contributed by atoms with Crippen LogP contribution in [0.4, 0.5) is 13.2 Å². The SMILES string of the molecule is Cc1cc(-c2[c-]cccc2)ncc1[Si](C)(C)C.[2H]C(C)(c1ccnc(-c2[c-]ccc3c2sc2cc(C(F)(F)F)ccc23)c1)c1ccccc1C.[Ir]. The average molecular weight is 880 g/mol. The molecule has 7 rings (SSSR count). The van der Waals surface area contributed by atoms with Crippen molar-refractivity contribution in [1.29, 1.82) is 0 Å². The molecule has 1 unspecified atom stereocenters. The summed E-state index contributed by atoms with van der Waals surface area (Å²) in [5, 5.41) is 3.09. The molecule has 0 amide bonds. The van der Waals surface area contributed by atoms with Crippen molar-refractivity contribution in [3.8, 4) is 22.5 Å². The van der Waals surface area contributed by atoms with Crippen LogP contribution in [0.25, 0.3) is 42.7 Å². The van der Waals surface area contributed by atoms with Gasteiger partial charge < -0.3 is 9.97 Å². The number of aryl methyl sites for hydroxylation is 2. The van der Waals surface area contributed by atoms with Crippen LogP contribution >= 0.6 is 11.3 Å². The fraction of sp³-hybridized carbons (Fsp3) is 0.190. The van der Waals surface area contributed by atoms with Crippen LogP contribution in [0.5, 0.6) is 0 Å². The molecule has 0 fully saturated rings. The summed E-state index contributed by atoms with van der Waals surface area (Å²) in [5.41, 5.74) is 6.88. The van der Waals surface area contributed by atoms with E-state index in [4.69, 9.17) is 1.37 Å². The topological polar surface area (TPSA) is 25.8 Å². The van der Waals surface area contributed by atoms with Crippen molar-refractivity contribution in [1.82, 2.24) is 9.97 Å². The van der Waals surface area contributed by atoms with Gasteiger partial charge in [0.2, 0.25) is 0 Å². The smallest absolute Gasteiger partial charge is 0.305 e. The summed E-state index contributed by atoms with van der Waals surface area (Å²) in [6.45, 7) is 13.1. The average Bonchev–Trinajstić information content (AvgIpc) is 3.46. The Balaban J connectivity index is 0.000000237. The molecule has 0 N–H and O–H groups in total. The summed E-state index contributed by atoms with van der Waals surface area (Å²) in [5.74, 6) is -0.987. The van der Waals surface area contributed by atoms with E-state index in [0.717, 1.165) is 55.0 Å². The van der Waals surface area contributed by atoms with E-state index in [2.05, 4.69) is 67.0 Å². The number of hydrogen-bond donors (Lipinski definition) is 0. The first-order chi connectivity index (χ1) is 23.6. The predicted molar refractivity (Wildman–Crippen MR) is 201 cm³/mol. The number of rotatable bonds is 5. The predicted octanol–water partition coefficient (Wildman–Crippen LogP) is 11.8. The van der Waals surface area contributed by atoms with Crippen LogP contribution in [0.15, 0.2) is 109 Å². The van der Waals surface area contributed by atoms with E-state index in [0.29, 0.717) is 10.4 Å². The summed E-state index contributed by atoms with van der Waals surface area (Å²) in [6, 6.07) is 35.7. The Bertz CT molecular complexity index is 2310. The number of benzene rings is 4. The Hall–Kier alpha value is -3.94. The molecule has 0 aliphatic carbocycles. The quantitative estimate of drug-likeness (QED) is 0.127. The van der Waals surface area contributed by atoms with Crippen molar-refractivity contribution in [2.24, 2.45) is 0 Å². The van der Waals surface area contributed by atoms with Crippen LogP contribution in [0.3, 0.4) is 0 Å². The second-order valence-electron chi connectivity index (χ2n) is 13.2. The van der Waals surface area contributed by atoms with Gasteiger partial charge in [0.05, 0.1) is 13.6 Å². The third-order valence-corrected chi connectivity index (χ3v) is 12.0. The van der Waals surface area contributed by atoms with E-state index in [1.807, 2.05) is 74.5 Å². The number of nitrogens with zero attached hydrogens (tertiary/aromatic N) is 2. The van der Waals surface area contributed by atoms with Crippen molar-refractivity contribution >= 4 is 44.8 Å². The second-order valence-corrected chi connectivity index (χ2v) is 19.3. The molecule has 0 saturated heterocycles. The Morgan fingerprint density at radius 2 is 1.56 bits per heavy atom. The minimum absolute atomic E-state index is 0. The monoisotopic (exact) mass is 880 g/mol. The first-order valence-corrected chi connectivity index (χ1v) is 20.4. The van der Waals surface area contributed by atoms with Crippen LogP contribution in [0.1, 0.15) is 42.0 Å². The second kappa shape index (κ2) is 15.1. The van der Waals surface area contributed by atoms with E-state index < -0.39 is 25.7 Å². The number of pyridine rings is 2. The number of halogens is 3. The number of aromatic nitrogens is 2. The van der Waals surface area contributed by atoms with E-state index in [-0.39, 0.29) is 20.1 Å². The van der Waals surface area contributed by atoms with Gasteiger partial charge in [-0.3, -0.25) is 0 Å². The number of thiophene rings is 1. The molecule has 3 aromatic heterocycles. The normalized spacial score (nSPS) is 13.2. The van der Waals surface area contributed by atoms with Gasteiger partial charge in [0, 0.05) is 44.5 Å². The largest absolute Gasteiger partial charge is 0.416 e. The molecule has 4 aromatic carbocycles. The van der Waals surface area contributed by atoms with Gasteiger partial charge in [-0.1, -0.05) is 80.0 Å². The van der Waals surface area contributed by atoms with Crippen molar-refractivity contribution in [3.63, 3.8) is 0 Å². The van der Waals surface area contributed by atoms with Gasteiger partial charge in [0.25, 0.3) is 0 Å². The standard InChI is InChI=1S/C27H19F3NS.C15H18NSi.Ir/c1-16-6-3-4-7-20(16)17(2)18-12-13-31-24(14-18)23-9-5-8-22-21-11-10-19(27(28,29)30)15-25(21)32-26(22)23;1-12-10-14(13-8-6-5-7-9-13)16-11-15(12)17(2,3)4;/h3-8,10-15,17H,1-2H3;5-8,10-11H,1-4H3;/q2*-1;/i17D;;. The Labute approximate surface area is 312 Å². The molecule has 1 radical (unpaired) electrons. The molecule has 257 valence electrons. The van der Waals surface area contributed by atoms with E-state index >= 15 is 0 Å². The van der Waals surface area contributed by atoms with Crippen LogP contribution in [-0.2, 0) is 26.3 Å². The molecule has 0 spiro atoms. The van der Waals surface area contributed by atoms with E-state index in [9.17, 15) is 13.2 Å². The molecular weight excluding hydrogens is 842 g/mol. The summed E-state index contributed by atoms with van der Waals surface area (Å²) in [7, 11) is -1.27. The molecule has 0 aliphatic rings. The number of hydrogen-bond acceptors (Lipinski definition) is 3. The third-order valence-electron chi connectivity index (χ3n) is 8.66. The van der Waals surface area contributed by atoms with Gasteiger partial charge in [0.15, 0.2) is 0 Å². The Morgan fingerprint density at radius 3 is 2.24 bits per heavy atom. The van der Waals surface area contributed by atoms with Crippen molar-refractivity contribution in [2.75, 3.05) is 0 Å². The van der Waals surface area contributed by atoms with E-state index in [1.54, 1.807) is 12.3 Å². The molecule has 0 aliphatic heterocycles. The molecule has 0 saturated carbocycles. The maximum absolute atomic E-state index is 13.2. The Kier molecular flexibility index (Phi) is 10.8. The first kappa shape index (κ1) is 35.9. The molecule has 1 atom stereocenters. The molecule has 0 bridgehead atoms. The van der Waals surface area contributed by atoms with Gasteiger partial charge in [0.1, 0.15) is 0 Å². The van der Waals surface area contributed by atoms with E-state index in [1.165, 1.54) is 34.2 Å². The van der Waals surface area contributed by atoms with Gasteiger partial charge in [-0.05, 0) is 75.4 Å². The third kappa shape index (κ3) is 8.00. The fourth-order valence-corrected chi connectivity index (χ4v) is 9.05. The fourth-order valence-electron chi connectivity index (χ4n) is 6.10. The van der Waals surface area contributed by atoms with Crippen molar-refractivity contribution in [2.45, 2.75) is 52.5 Å². The van der Waals surface area contributed by atoms with Crippen molar-refractivity contribution < 1.29 is 34.6 Å². The minimum atomic E-state index is -4.39. The molecular formula is C42H37F3IrN2SSi-2. The van der Waals surface area contributed by atoms with Crippen molar-refractivity contribution in [3.05, 3.63) is 149 Å². The van der Waals surface area contributed by atoms with Gasteiger partial charge in [-0.25, -0.2) is 0 Å². The molecule has 3 heterocycles. The molecule has 50 heavy (non-hydrogen) atoms.